The summed E-state index contributed by atoms with van der Waals surface area (Å²) in [6.45, 7) is 0.122. The molecule has 2 heterocycles. The van der Waals surface area contributed by atoms with Gasteiger partial charge in [-0.1, -0.05) is 17.3 Å². The molecule has 4 rings (SSSR count). The van der Waals surface area contributed by atoms with Crippen molar-refractivity contribution in [1.82, 2.24) is 5.16 Å². The molecule has 0 saturated heterocycles. The SMILES string of the molecule is CS(=O)(=O)Oc1cccc(-c2cc(COc3ccc4c(CC(=O)O)coc4c3)no2)c1. The predicted molar refractivity (Wildman–Crippen MR) is 109 cm³/mol. The van der Waals surface area contributed by atoms with E-state index in [-0.39, 0.29) is 18.8 Å². The van der Waals surface area contributed by atoms with Gasteiger partial charge in [-0.25, -0.2) is 0 Å². The van der Waals surface area contributed by atoms with Crippen LogP contribution in [0.25, 0.3) is 22.3 Å². The Morgan fingerprint density at radius 3 is 2.74 bits per heavy atom. The molecule has 0 radical (unpaired) electrons. The highest BCUT2D eigenvalue weighted by atomic mass is 32.2. The van der Waals surface area contributed by atoms with Crippen LogP contribution in [0.1, 0.15) is 11.3 Å². The number of aromatic nitrogens is 1. The molecule has 4 aromatic rings. The van der Waals surface area contributed by atoms with E-state index in [1.54, 1.807) is 36.4 Å². The standard InChI is InChI=1S/C21H17NO8S/c1-31(25,26)30-17-4-2-3-13(7-17)19-9-15(22-29-19)12-27-16-5-6-18-14(8-21(23)24)11-28-20(18)10-16/h2-7,9-11H,8,12H2,1H3,(H,23,24). The highest BCUT2D eigenvalue weighted by Crippen LogP contribution is 2.28. The maximum atomic E-state index is 11.3. The van der Waals surface area contributed by atoms with Gasteiger partial charge in [-0.2, -0.15) is 8.42 Å². The first-order valence-electron chi connectivity index (χ1n) is 9.07. The maximum absolute atomic E-state index is 11.3. The fraction of sp³-hybridized carbons (Fsp3) is 0.143. The van der Waals surface area contributed by atoms with Crippen molar-refractivity contribution in [2.45, 2.75) is 13.0 Å². The lowest BCUT2D eigenvalue weighted by atomic mass is 10.1. The van der Waals surface area contributed by atoms with Crippen LogP contribution < -0.4 is 8.92 Å². The Balaban J connectivity index is 1.45. The first-order valence-corrected chi connectivity index (χ1v) is 10.9. The Labute approximate surface area is 176 Å². The molecule has 160 valence electrons. The second-order valence-electron chi connectivity index (χ2n) is 6.78. The van der Waals surface area contributed by atoms with E-state index in [1.807, 2.05) is 0 Å². The van der Waals surface area contributed by atoms with Crippen LogP contribution >= 0.6 is 0 Å². The minimum Gasteiger partial charge on any atom is -0.487 e. The van der Waals surface area contributed by atoms with E-state index in [2.05, 4.69) is 5.16 Å². The number of aliphatic carboxylic acids is 1. The van der Waals surface area contributed by atoms with Gasteiger partial charge in [0, 0.05) is 28.6 Å². The van der Waals surface area contributed by atoms with E-state index in [1.165, 1.54) is 18.4 Å². The molecule has 0 bridgehead atoms. The molecule has 0 unspecified atom stereocenters. The first kappa shape index (κ1) is 20.5. The lowest BCUT2D eigenvalue weighted by Gasteiger charge is -2.04. The summed E-state index contributed by atoms with van der Waals surface area (Å²) in [6.07, 6.45) is 2.27. The van der Waals surface area contributed by atoms with E-state index in [4.69, 9.17) is 23.0 Å². The third-order valence-electron chi connectivity index (χ3n) is 4.28. The van der Waals surface area contributed by atoms with E-state index < -0.39 is 16.1 Å². The molecule has 0 saturated carbocycles. The fourth-order valence-electron chi connectivity index (χ4n) is 3.00. The number of rotatable bonds is 8. The fourth-order valence-corrected chi connectivity index (χ4v) is 3.46. The molecule has 0 aliphatic carbocycles. The topological polar surface area (TPSA) is 129 Å². The average Bonchev–Trinajstić information content (AvgIpc) is 3.32. The summed E-state index contributed by atoms with van der Waals surface area (Å²) in [5.74, 6) is 0.190. The van der Waals surface area contributed by atoms with Crippen LogP contribution in [0.15, 0.2) is 63.7 Å². The van der Waals surface area contributed by atoms with E-state index in [0.717, 1.165) is 11.6 Å². The number of hydrogen-bond donors (Lipinski definition) is 1. The molecule has 0 amide bonds. The van der Waals surface area contributed by atoms with Crippen molar-refractivity contribution in [3.8, 4) is 22.8 Å². The van der Waals surface area contributed by atoms with Crippen LogP contribution in [0.3, 0.4) is 0 Å². The van der Waals surface area contributed by atoms with Crippen molar-refractivity contribution < 1.29 is 36.2 Å². The lowest BCUT2D eigenvalue weighted by Crippen LogP contribution is -2.05. The zero-order chi connectivity index (χ0) is 22.0. The van der Waals surface area contributed by atoms with Crippen molar-refractivity contribution in [3.63, 3.8) is 0 Å². The quantitative estimate of drug-likeness (QED) is 0.406. The van der Waals surface area contributed by atoms with Gasteiger partial charge in [-0.3, -0.25) is 4.79 Å². The van der Waals surface area contributed by atoms with Crippen LogP contribution in [0, 0.1) is 0 Å². The molecular formula is C21H17NO8S. The molecule has 10 heteroatoms. The monoisotopic (exact) mass is 443 g/mol. The van der Waals surface area contributed by atoms with Crippen molar-refractivity contribution in [2.75, 3.05) is 6.26 Å². The summed E-state index contributed by atoms with van der Waals surface area (Å²) < 4.78 is 43.9. The van der Waals surface area contributed by atoms with Gasteiger partial charge >= 0.3 is 16.1 Å². The van der Waals surface area contributed by atoms with Gasteiger partial charge in [-0.15, -0.1) is 0 Å². The van der Waals surface area contributed by atoms with Crippen LogP contribution in [-0.4, -0.2) is 30.9 Å². The zero-order valence-corrected chi connectivity index (χ0v) is 17.1. The average molecular weight is 443 g/mol. The van der Waals surface area contributed by atoms with Crippen molar-refractivity contribution in [3.05, 3.63) is 66.1 Å². The summed E-state index contributed by atoms with van der Waals surface area (Å²) >= 11 is 0. The number of furan rings is 1. The summed E-state index contributed by atoms with van der Waals surface area (Å²) in [7, 11) is -3.63. The largest absolute Gasteiger partial charge is 0.487 e. The number of carboxylic acid groups (broad SMARTS) is 1. The molecule has 0 aliphatic heterocycles. The molecule has 1 N–H and O–H groups in total. The Kier molecular flexibility index (Phi) is 5.38. The highest BCUT2D eigenvalue weighted by Gasteiger charge is 2.13. The van der Waals surface area contributed by atoms with Gasteiger partial charge in [0.15, 0.2) is 5.76 Å². The van der Waals surface area contributed by atoms with E-state index in [9.17, 15) is 13.2 Å². The van der Waals surface area contributed by atoms with Gasteiger partial charge in [0.25, 0.3) is 0 Å². The van der Waals surface area contributed by atoms with Crippen molar-refractivity contribution in [1.29, 1.82) is 0 Å². The number of fused-ring (bicyclic) bond motifs is 1. The summed E-state index contributed by atoms with van der Waals surface area (Å²) in [5.41, 5.74) is 2.24. The van der Waals surface area contributed by atoms with Gasteiger partial charge in [0.2, 0.25) is 0 Å². The van der Waals surface area contributed by atoms with Crippen molar-refractivity contribution in [2.24, 2.45) is 0 Å². The molecule has 0 aliphatic rings. The summed E-state index contributed by atoms with van der Waals surface area (Å²) in [5, 5.41) is 13.6. The van der Waals surface area contributed by atoms with Gasteiger partial charge < -0.3 is 23.0 Å². The second kappa shape index (κ2) is 8.15. The Bertz CT molecular complexity index is 1350. The van der Waals surface area contributed by atoms with Crippen LogP contribution in [0.2, 0.25) is 0 Å². The second-order valence-corrected chi connectivity index (χ2v) is 8.35. The molecule has 2 aromatic heterocycles. The Morgan fingerprint density at radius 1 is 1.13 bits per heavy atom. The number of hydrogen-bond acceptors (Lipinski definition) is 8. The van der Waals surface area contributed by atoms with Crippen LogP contribution in [-0.2, 0) is 27.9 Å². The smallest absolute Gasteiger partial charge is 0.307 e. The third-order valence-corrected chi connectivity index (χ3v) is 4.78. The Morgan fingerprint density at radius 2 is 1.97 bits per heavy atom. The number of nitrogens with zero attached hydrogens (tertiary/aromatic N) is 1. The molecule has 0 spiro atoms. The van der Waals surface area contributed by atoms with E-state index >= 15 is 0 Å². The molecule has 0 atom stereocenters. The third kappa shape index (κ3) is 5.04. The molecule has 2 aromatic carbocycles. The molecule has 31 heavy (non-hydrogen) atoms. The summed E-state index contributed by atoms with van der Waals surface area (Å²) in [4.78, 5) is 10.9. The first-order chi connectivity index (χ1) is 14.8. The van der Waals surface area contributed by atoms with Crippen LogP contribution in [0.5, 0.6) is 11.5 Å². The van der Waals surface area contributed by atoms with Crippen molar-refractivity contribution >= 4 is 27.1 Å². The number of carbonyl (C=O) groups is 1. The predicted octanol–water partition coefficient (Wildman–Crippen LogP) is 3.63. The maximum Gasteiger partial charge on any atom is 0.307 e. The minimum absolute atomic E-state index is 0.120. The summed E-state index contributed by atoms with van der Waals surface area (Å²) in [6, 6.07) is 13.3. The number of ether oxygens (including phenoxy) is 1. The Hall–Kier alpha value is -3.79. The minimum atomic E-state index is -3.63. The lowest BCUT2D eigenvalue weighted by molar-refractivity contribution is -0.136. The zero-order valence-electron chi connectivity index (χ0n) is 16.3. The molecular weight excluding hydrogens is 426 g/mol. The molecule has 0 fully saturated rings. The van der Waals surface area contributed by atoms with Gasteiger partial charge in [-0.05, 0) is 24.3 Å². The van der Waals surface area contributed by atoms with Crippen LogP contribution in [0.4, 0.5) is 0 Å². The van der Waals surface area contributed by atoms with Gasteiger partial charge in [0.1, 0.15) is 29.4 Å². The highest BCUT2D eigenvalue weighted by molar-refractivity contribution is 7.86. The number of benzene rings is 2. The van der Waals surface area contributed by atoms with Gasteiger partial charge in [0.05, 0.1) is 18.9 Å². The number of carboxylic acids is 1. The normalized spacial score (nSPS) is 11.5. The van der Waals surface area contributed by atoms with E-state index in [0.29, 0.717) is 33.9 Å². The molecule has 9 nitrogen and oxygen atoms in total.